The molecule has 0 spiro atoms. The van der Waals surface area contributed by atoms with E-state index in [4.69, 9.17) is 4.98 Å². The maximum atomic E-state index is 13.0. The van der Waals surface area contributed by atoms with Crippen molar-refractivity contribution in [3.63, 3.8) is 0 Å². The number of amides is 2. The number of nitrogens with zero attached hydrogens (tertiary/aromatic N) is 6. The number of carbonyl (C=O) groups excluding carboxylic acids is 2. The van der Waals surface area contributed by atoms with Crippen molar-refractivity contribution in [3.05, 3.63) is 59.0 Å². The van der Waals surface area contributed by atoms with Gasteiger partial charge in [0.05, 0.1) is 23.1 Å². The number of rotatable bonds is 3. The Kier molecular flexibility index (Phi) is 4.97. The van der Waals surface area contributed by atoms with E-state index in [-0.39, 0.29) is 5.91 Å². The van der Waals surface area contributed by atoms with Gasteiger partial charge in [-0.2, -0.15) is 5.10 Å². The quantitative estimate of drug-likeness (QED) is 0.610. The van der Waals surface area contributed by atoms with Gasteiger partial charge < -0.3 is 9.80 Å². The Morgan fingerprint density at radius 1 is 1.03 bits per heavy atom. The molecule has 5 rings (SSSR count). The van der Waals surface area contributed by atoms with Gasteiger partial charge >= 0.3 is 0 Å². The number of aryl methyl sites for hydroxylation is 2. The zero-order valence-corrected chi connectivity index (χ0v) is 17.5. The monoisotopic (exact) mass is 416 g/mol. The van der Waals surface area contributed by atoms with Crippen LogP contribution in [-0.4, -0.2) is 68.0 Å². The number of benzene rings is 1. The molecule has 1 aliphatic heterocycles. The second-order valence-corrected chi connectivity index (χ2v) is 8.04. The summed E-state index contributed by atoms with van der Waals surface area (Å²) < 4.78 is 1.64. The summed E-state index contributed by atoms with van der Waals surface area (Å²) >= 11 is 0. The first kappa shape index (κ1) is 19.4. The van der Waals surface area contributed by atoms with Gasteiger partial charge in [0.15, 0.2) is 0 Å². The van der Waals surface area contributed by atoms with Gasteiger partial charge in [-0.05, 0) is 37.3 Å². The zero-order valence-electron chi connectivity index (χ0n) is 17.5. The number of carbonyl (C=O) groups is 2. The number of fused-ring (bicyclic) bond motifs is 3. The summed E-state index contributed by atoms with van der Waals surface area (Å²) in [5, 5.41) is 4.44. The summed E-state index contributed by atoms with van der Waals surface area (Å²) in [4.78, 5) is 36.8. The Morgan fingerprint density at radius 3 is 2.61 bits per heavy atom. The first-order valence-electron chi connectivity index (χ1n) is 10.6. The molecule has 1 fully saturated rings. The van der Waals surface area contributed by atoms with E-state index in [0.717, 1.165) is 42.5 Å². The minimum Gasteiger partial charge on any atom is -0.342 e. The summed E-state index contributed by atoms with van der Waals surface area (Å²) in [6.07, 6.45) is 7.35. The molecular formula is C23H24N6O2. The number of hydrogen-bond acceptors (Lipinski definition) is 5. The molecule has 2 amide bonds. The van der Waals surface area contributed by atoms with Crippen LogP contribution in [0.1, 0.15) is 33.6 Å². The fourth-order valence-electron chi connectivity index (χ4n) is 4.38. The van der Waals surface area contributed by atoms with E-state index in [1.807, 2.05) is 19.2 Å². The molecule has 3 aromatic rings. The SMILES string of the molecule is Cc1c(C(=O)N2CCN(C=O)CC2)cnn1-c1ncc2c(n1)-c1ccccc1CCC2. The van der Waals surface area contributed by atoms with Crippen molar-refractivity contribution in [1.82, 2.24) is 29.5 Å². The van der Waals surface area contributed by atoms with Crippen LogP contribution >= 0.6 is 0 Å². The van der Waals surface area contributed by atoms with Gasteiger partial charge in [-0.1, -0.05) is 24.3 Å². The second kappa shape index (κ2) is 7.94. The molecule has 158 valence electrons. The van der Waals surface area contributed by atoms with Gasteiger partial charge in [-0.3, -0.25) is 9.59 Å². The molecule has 0 atom stereocenters. The highest BCUT2D eigenvalue weighted by atomic mass is 16.2. The predicted molar refractivity (Wildman–Crippen MR) is 115 cm³/mol. The maximum absolute atomic E-state index is 13.0. The summed E-state index contributed by atoms with van der Waals surface area (Å²) in [6.45, 7) is 4.01. The molecule has 2 aliphatic rings. The van der Waals surface area contributed by atoms with E-state index >= 15 is 0 Å². The van der Waals surface area contributed by atoms with Gasteiger partial charge in [-0.25, -0.2) is 14.6 Å². The van der Waals surface area contributed by atoms with Crippen LogP contribution in [0.5, 0.6) is 0 Å². The molecule has 2 aromatic heterocycles. The molecule has 0 unspecified atom stereocenters. The van der Waals surface area contributed by atoms with Gasteiger partial charge in [-0.15, -0.1) is 0 Å². The van der Waals surface area contributed by atoms with Crippen molar-refractivity contribution in [3.8, 4) is 17.2 Å². The molecule has 8 nitrogen and oxygen atoms in total. The van der Waals surface area contributed by atoms with Crippen LogP contribution in [-0.2, 0) is 17.6 Å². The fraction of sp³-hybridized carbons (Fsp3) is 0.348. The van der Waals surface area contributed by atoms with Crippen LogP contribution in [0.4, 0.5) is 0 Å². The Balaban J connectivity index is 1.47. The topological polar surface area (TPSA) is 84.2 Å². The van der Waals surface area contributed by atoms with Crippen LogP contribution in [0.2, 0.25) is 0 Å². The molecular weight excluding hydrogens is 392 g/mol. The van der Waals surface area contributed by atoms with Crippen LogP contribution in [0.3, 0.4) is 0 Å². The minimum atomic E-state index is -0.0746. The van der Waals surface area contributed by atoms with Gasteiger partial charge in [0.2, 0.25) is 6.41 Å². The average Bonchev–Trinajstić information content (AvgIpc) is 3.10. The third-order valence-corrected chi connectivity index (χ3v) is 6.20. The lowest BCUT2D eigenvalue weighted by molar-refractivity contribution is -0.119. The highest BCUT2D eigenvalue weighted by molar-refractivity contribution is 5.95. The average molecular weight is 416 g/mol. The van der Waals surface area contributed by atoms with E-state index < -0.39 is 0 Å². The Morgan fingerprint density at radius 2 is 1.81 bits per heavy atom. The van der Waals surface area contributed by atoms with Crippen molar-refractivity contribution >= 4 is 12.3 Å². The predicted octanol–water partition coefficient (Wildman–Crippen LogP) is 2.04. The standard InChI is InChI=1S/C23H24N6O2/c1-16-20(22(31)28-11-9-27(15-30)10-12-28)14-25-29(16)23-24-13-18-7-4-6-17-5-2-3-8-19(17)21(18)26-23/h2-3,5,8,13-15H,4,6-7,9-12H2,1H3. The van der Waals surface area contributed by atoms with Crippen molar-refractivity contribution in [1.29, 1.82) is 0 Å². The maximum Gasteiger partial charge on any atom is 0.257 e. The molecule has 3 heterocycles. The molecule has 0 saturated carbocycles. The molecule has 0 radical (unpaired) electrons. The lowest BCUT2D eigenvalue weighted by Gasteiger charge is -2.32. The van der Waals surface area contributed by atoms with E-state index in [1.54, 1.807) is 20.7 Å². The van der Waals surface area contributed by atoms with Crippen LogP contribution in [0.15, 0.2) is 36.7 Å². The third kappa shape index (κ3) is 3.48. The summed E-state index contributed by atoms with van der Waals surface area (Å²) in [5.74, 6) is 0.396. The third-order valence-electron chi connectivity index (χ3n) is 6.20. The second-order valence-electron chi connectivity index (χ2n) is 8.04. The Hall–Kier alpha value is -3.55. The van der Waals surface area contributed by atoms with Gasteiger partial charge in [0.1, 0.15) is 0 Å². The van der Waals surface area contributed by atoms with Crippen LogP contribution in [0.25, 0.3) is 17.2 Å². The first-order valence-corrected chi connectivity index (χ1v) is 10.6. The van der Waals surface area contributed by atoms with E-state index in [9.17, 15) is 9.59 Å². The Bertz CT molecular complexity index is 1150. The molecule has 1 aromatic carbocycles. The lowest BCUT2D eigenvalue weighted by atomic mass is 10.0. The van der Waals surface area contributed by atoms with Crippen molar-refractivity contribution in [2.75, 3.05) is 26.2 Å². The fourth-order valence-corrected chi connectivity index (χ4v) is 4.38. The van der Waals surface area contributed by atoms with Crippen molar-refractivity contribution in [2.24, 2.45) is 0 Å². The van der Waals surface area contributed by atoms with Crippen molar-refractivity contribution in [2.45, 2.75) is 26.2 Å². The lowest BCUT2D eigenvalue weighted by Crippen LogP contribution is -2.48. The van der Waals surface area contributed by atoms with Crippen LogP contribution < -0.4 is 0 Å². The van der Waals surface area contributed by atoms with Gasteiger partial charge in [0, 0.05) is 37.9 Å². The molecule has 0 bridgehead atoms. The number of piperazine rings is 1. The zero-order chi connectivity index (χ0) is 21.4. The van der Waals surface area contributed by atoms with E-state index in [2.05, 4.69) is 28.3 Å². The van der Waals surface area contributed by atoms with Crippen LogP contribution in [0, 0.1) is 6.92 Å². The molecule has 1 aliphatic carbocycles. The smallest absolute Gasteiger partial charge is 0.257 e. The molecule has 31 heavy (non-hydrogen) atoms. The first-order chi connectivity index (χ1) is 15.2. The van der Waals surface area contributed by atoms with Gasteiger partial charge in [0.25, 0.3) is 11.9 Å². The summed E-state index contributed by atoms with van der Waals surface area (Å²) in [6, 6.07) is 8.37. The largest absolute Gasteiger partial charge is 0.342 e. The highest BCUT2D eigenvalue weighted by Crippen LogP contribution is 2.31. The Labute approximate surface area is 180 Å². The molecule has 0 N–H and O–H groups in total. The molecule has 8 heteroatoms. The normalized spacial score (nSPS) is 15.8. The number of aromatic nitrogens is 4. The summed E-state index contributed by atoms with van der Waals surface area (Å²) in [7, 11) is 0. The summed E-state index contributed by atoms with van der Waals surface area (Å²) in [5.41, 5.74) is 5.79. The number of hydrogen-bond donors (Lipinski definition) is 0. The van der Waals surface area contributed by atoms with E-state index in [1.165, 1.54) is 5.56 Å². The highest BCUT2D eigenvalue weighted by Gasteiger charge is 2.25. The minimum absolute atomic E-state index is 0.0746. The van der Waals surface area contributed by atoms with Crippen molar-refractivity contribution < 1.29 is 9.59 Å². The molecule has 1 saturated heterocycles. The van der Waals surface area contributed by atoms with E-state index in [0.29, 0.717) is 43.4 Å².